The predicted octanol–water partition coefficient (Wildman–Crippen LogP) is 0.444. The van der Waals surface area contributed by atoms with Gasteiger partial charge in [-0.25, -0.2) is 9.97 Å². The molecule has 1 aromatic rings. The van der Waals surface area contributed by atoms with E-state index in [4.69, 9.17) is 4.74 Å². The molecule has 1 aromatic heterocycles. The molecular formula is C7H9N3O2. The summed E-state index contributed by atoms with van der Waals surface area (Å²) < 4.78 is 4.83. The minimum Gasteiger partial charge on any atom is -0.481 e. The summed E-state index contributed by atoms with van der Waals surface area (Å²) in [6.45, 7) is 1.41. The zero-order chi connectivity index (χ0) is 8.97. The molecule has 0 fully saturated rings. The molecule has 5 nitrogen and oxygen atoms in total. The Labute approximate surface area is 69.8 Å². The van der Waals surface area contributed by atoms with Crippen LogP contribution in [0.2, 0.25) is 0 Å². The van der Waals surface area contributed by atoms with Gasteiger partial charge in [0.15, 0.2) is 0 Å². The van der Waals surface area contributed by atoms with E-state index in [1.807, 2.05) is 0 Å². The molecule has 64 valence electrons. The van der Waals surface area contributed by atoms with Crippen LogP contribution < -0.4 is 10.1 Å². The highest BCUT2D eigenvalue weighted by atomic mass is 16.5. The standard InChI is InChI=1S/C7H9N3O2/c1-5(11)10-6-3-7(12-2)9-4-8-6/h3-4H,1-2H3,(H,8,9,10,11). The van der Waals surface area contributed by atoms with Crippen molar-refractivity contribution in [3.05, 3.63) is 12.4 Å². The molecule has 0 aromatic carbocycles. The number of hydrogen-bond donors (Lipinski definition) is 1. The lowest BCUT2D eigenvalue weighted by atomic mass is 10.5. The number of aromatic nitrogens is 2. The average molecular weight is 167 g/mol. The van der Waals surface area contributed by atoms with Crippen LogP contribution in [0.4, 0.5) is 5.82 Å². The Bertz CT molecular complexity index is 288. The fraction of sp³-hybridized carbons (Fsp3) is 0.286. The molecule has 1 rings (SSSR count). The normalized spacial score (nSPS) is 9.17. The van der Waals surface area contributed by atoms with Gasteiger partial charge in [0, 0.05) is 13.0 Å². The van der Waals surface area contributed by atoms with Crippen molar-refractivity contribution in [2.45, 2.75) is 6.92 Å². The van der Waals surface area contributed by atoms with Gasteiger partial charge >= 0.3 is 0 Å². The first kappa shape index (κ1) is 8.45. The van der Waals surface area contributed by atoms with E-state index in [-0.39, 0.29) is 5.91 Å². The zero-order valence-electron chi connectivity index (χ0n) is 6.87. The van der Waals surface area contributed by atoms with Gasteiger partial charge in [-0.1, -0.05) is 0 Å². The number of hydrogen-bond acceptors (Lipinski definition) is 4. The second-order valence-corrected chi connectivity index (χ2v) is 2.13. The Morgan fingerprint density at radius 3 is 2.92 bits per heavy atom. The Balaban J connectivity index is 2.79. The van der Waals surface area contributed by atoms with Gasteiger partial charge in [0.1, 0.15) is 12.1 Å². The molecule has 0 unspecified atom stereocenters. The van der Waals surface area contributed by atoms with Crippen LogP contribution in [0.1, 0.15) is 6.92 Å². The molecule has 0 saturated carbocycles. The molecule has 12 heavy (non-hydrogen) atoms. The molecule has 5 heteroatoms. The van der Waals surface area contributed by atoms with E-state index < -0.39 is 0 Å². The number of anilines is 1. The molecule has 1 N–H and O–H groups in total. The van der Waals surface area contributed by atoms with Gasteiger partial charge in [-0.2, -0.15) is 0 Å². The number of nitrogens with zero attached hydrogens (tertiary/aromatic N) is 2. The topological polar surface area (TPSA) is 64.1 Å². The van der Waals surface area contributed by atoms with Crippen LogP contribution in [0.15, 0.2) is 12.4 Å². The summed E-state index contributed by atoms with van der Waals surface area (Å²) >= 11 is 0. The summed E-state index contributed by atoms with van der Waals surface area (Å²) in [5, 5.41) is 2.51. The maximum absolute atomic E-state index is 10.6. The summed E-state index contributed by atoms with van der Waals surface area (Å²) in [5.74, 6) is 0.693. The molecule has 0 spiro atoms. The van der Waals surface area contributed by atoms with E-state index in [2.05, 4.69) is 15.3 Å². The van der Waals surface area contributed by atoms with Crippen molar-refractivity contribution in [2.75, 3.05) is 12.4 Å². The van der Waals surface area contributed by atoms with Crippen molar-refractivity contribution in [1.82, 2.24) is 9.97 Å². The first-order chi connectivity index (χ1) is 5.72. The molecule has 1 amide bonds. The third kappa shape index (κ3) is 2.19. The summed E-state index contributed by atoms with van der Waals surface area (Å²) in [6, 6.07) is 1.54. The molecule has 0 aliphatic heterocycles. The summed E-state index contributed by atoms with van der Waals surface area (Å²) in [6.07, 6.45) is 1.32. The van der Waals surface area contributed by atoms with Crippen LogP contribution >= 0.6 is 0 Å². The maximum Gasteiger partial charge on any atom is 0.222 e. The minimum absolute atomic E-state index is 0.171. The van der Waals surface area contributed by atoms with E-state index in [0.29, 0.717) is 11.7 Å². The Kier molecular flexibility index (Phi) is 2.57. The lowest BCUT2D eigenvalue weighted by Crippen LogP contribution is -2.07. The lowest BCUT2D eigenvalue weighted by Gasteiger charge is -2.01. The Morgan fingerprint density at radius 1 is 1.58 bits per heavy atom. The number of carbonyl (C=O) groups excluding carboxylic acids is 1. The molecule has 0 aliphatic rings. The van der Waals surface area contributed by atoms with Crippen LogP contribution in [0.25, 0.3) is 0 Å². The SMILES string of the molecule is COc1cc(NC(C)=O)ncn1. The lowest BCUT2D eigenvalue weighted by molar-refractivity contribution is -0.114. The minimum atomic E-state index is -0.171. The van der Waals surface area contributed by atoms with Crippen molar-refractivity contribution in [3.63, 3.8) is 0 Å². The first-order valence-corrected chi connectivity index (χ1v) is 3.36. The number of methoxy groups -OCH3 is 1. The third-order valence-corrected chi connectivity index (χ3v) is 1.16. The van der Waals surface area contributed by atoms with E-state index in [9.17, 15) is 4.79 Å². The number of carbonyl (C=O) groups is 1. The third-order valence-electron chi connectivity index (χ3n) is 1.16. The highest BCUT2D eigenvalue weighted by molar-refractivity contribution is 5.87. The summed E-state index contributed by atoms with van der Waals surface area (Å²) in [4.78, 5) is 18.2. The van der Waals surface area contributed by atoms with Crippen molar-refractivity contribution >= 4 is 11.7 Å². The van der Waals surface area contributed by atoms with Crippen molar-refractivity contribution < 1.29 is 9.53 Å². The largest absolute Gasteiger partial charge is 0.481 e. The van der Waals surface area contributed by atoms with E-state index in [1.165, 1.54) is 20.4 Å². The van der Waals surface area contributed by atoms with Crippen LogP contribution in [0.3, 0.4) is 0 Å². The monoisotopic (exact) mass is 167 g/mol. The second kappa shape index (κ2) is 3.66. The van der Waals surface area contributed by atoms with Crippen molar-refractivity contribution in [3.8, 4) is 5.88 Å². The molecule has 0 saturated heterocycles. The molecule has 0 aliphatic carbocycles. The molecule has 1 heterocycles. The van der Waals surface area contributed by atoms with Gasteiger partial charge in [-0.05, 0) is 0 Å². The summed E-state index contributed by atoms with van der Waals surface area (Å²) in [5.41, 5.74) is 0. The van der Waals surface area contributed by atoms with Gasteiger partial charge in [0.2, 0.25) is 11.8 Å². The quantitative estimate of drug-likeness (QED) is 0.694. The van der Waals surface area contributed by atoms with Crippen molar-refractivity contribution in [2.24, 2.45) is 0 Å². The number of amides is 1. The maximum atomic E-state index is 10.6. The fourth-order valence-electron chi connectivity index (χ4n) is 0.700. The van der Waals surface area contributed by atoms with Gasteiger partial charge < -0.3 is 10.1 Å². The molecule has 0 bridgehead atoms. The Hall–Kier alpha value is -1.65. The average Bonchev–Trinajstić information content (AvgIpc) is 2.03. The summed E-state index contributed by atoms with van der Waals surface area (Å²) in [7, 11) is 1.50. The van der Waals surface area contributed by atoms with Gasteiger partial charge in [-0.15, -0.1) is 0 Å². The smallest absolute Gasteiger partial charge is 0.222 e. The van der Waals surface area contributed by atoms with E-state index in [1.54, 1.807) is 6.07 Å². The van der Waals surface area contributed by atoms with Crippen molar-refractivity contribution in [1.29, 1.82) is 0 Å². The van der Waals surface area contributed by atoms with Crippen LogP contribution in [-0.4, -0.2) is 23.0 Å². The predicted molar refractivity (Wildman–Crippen MR) is 42.9 cm³/mol. The molecule has 0 atom stereocenters. The number of ether oxygens (including phenoxy) is 1. The van der Waals surface area contributed by atoms with Gasteiger partial charge in [0.05, 0.1) is 7.11 Å². The zero-order valence-corrected chi connectivity index (χ0v) is 6.87. The number of nitrogens with one attached hydrogen (secondary N) is 1. The fourth-order valence-corrected chi connectivity index (χ4v) is 0.700. The molecule has 0 radical (unpaired) electrons. The van der Waals surface area contributed by atoms with Gasteiger partial charge in [0.25, 0.3) is 0 Å². The van der Waals surface area contributed by atoms with Crippen LogP contribution in [-0.2, 0) is 4.79 Å². The first-order valence-electron chi connectivity index (χ1n) is 3.36. The highest BCUT2D eigenvalue weighted by Gasteiger charge is 1.98. The number of rotatable bonds is 2. The highest BCUT2D eigenvalue weighted by Crippen LogP contribution is 2.09. The van der Waals surface area contributed by atoms with Crippen LogP contribution in [0, 0.1) is 0 Å². The Morgan fingerprint density at radius 2 is 2.33 bits per heavy atom. The second-order valence-electron chi connectivity index (χ2n) is 2.13. The van der Waals surface area contributed by atoms with E-state index >= 15 is 0 Å². The van der Waals surface area contributed by atoms with Crippen LogP contribution in [0.5, 0.6) is 5.88 Å². The van der Waals surface area contributed by atoms with Gasteiger partial charge in [-0.3, -0.25) is 4.79 Å². The molecular weight excluding hydrogens is 158 g/mol. The van der Waals surface area contributed by atoms with E-state index in [0.717, 1.165) is 0 Å².